The summed E-state index contributed by atoms with van der Waals surface area (Å²) < 4.78 is 7.85. The first kappa shape index (κ1) is 12.1. The van der Waals surface area contributed by atoms with Gasteiger partial charge in [0.2, 0.25) is 0 Å². The Bertz CT molecular complexity index is 479. The van der Waals surface area contributed by atoms with Gasteiger partial charge in [-0.25, -0.2) is 4.98 Å². The van der Waals surface area contributed by atoms with Gasteiger partial charge in [-0.15, -0.1) is 0 Å². The molecule has 0 aliphatic heterocycles. The minimum absolute atomic E-state index is 0.606. The van der Waals surface area contributed by atoms with Crippen molar-refractivity contribution in [3.63, 3.8) is 0 Å². The number of rotatable bonds is 3. The maximum absolute atomic E-state index is 5.45. The van der Waals surface area contributed by atoms with Crippen LogP contribution in [0.1, 0.15) is 5.76 Å². The average Bonchev–Trinajstić information content (AvgIpc) is 2.57. The molecule has 0 aliphatic rings. The van der Waals surface area contributed by atoms with Crippen LogP contribution in [-0.2, 0) is 6.54 Å². The molecule has 0 radical (unpaired) electrons. The molecule has 1 N–H and O–H groups in total. The van der Waals surface area contributed by atoms with Crippen molar-refractivity contribution in [3.05, 3.63) is 43.9 Å². The van der Waals surface area contributed by atoms with Gasteiger partial charge in [-0.1, -0.05) is 0 Å². The van der Waals surface area contributed by atoms with Crippen molar-refractivity contribution in [2.45, 2.75) is 6.54 Å². The van der Waals surface area contributed by atoms with E-state index >= 15 is 0 Å². The molecule has 0 saturated heterocycles. The monoisotopic (exact) mass is 408 g/mol. The highest BCUT2D eigenvalue weighted by atomic mass is 79.9. The lowest BCUT2D eigenvalue weighted by Crippen LogP contribution is -1.99. The van der Waals surface area contributed by atoms with Crippen LogP contribution in [0, 0.1) is 0 Å². The molecule has 16 heavy (non-hydrogen) atoms. The first-order valence-electron chi connectivity index (χ1n) is 4.45. The Hall–Kier alpha value is -0.330. The van der Waals surface area contributed by atoms with Crippen LogP contribution in [0.2, 0.25) is 0 Å². The van der Waals surface area contributed by atoms with Crippen LogP contribution in [0.5, 0.6) is 0 Å². The Balaban J connectivity index is 2.05. The summed E-state index contributed by atoms with van der Waals surface area (Å²) in [6.07, 6.45) is 1.73. The van der Waals surface area contributed by atoms with E-state index in [1.54, 1.807) is 6.20 Å². The second-order valence-electron chi connectivity index (χ2n) is 3.03. The minimum atomic E-state index is 0.606. The lowest BCUT2D eigenvalue weighted by atomic mass is 10.4. The van der Waals surface area contributed by atoms with E-state index in [4.69, 9.17) is 4.42 Å². The number of aromatic nitrogens is 1. The van der Waals surface area contributed by atoms with Gasteiger partial charge in [0.25, 0.3) is 0 Å². The van der Waals surface area contributed by atoms with Gasteiger partial charge in [0.15, 0.2) is 4.67 Å². The topological polar surface area (TPSA) is 38.1 Å². The van der Waals surface area contributed by atoms with Crippen LogP contribution < -0.4 is 5.32 Å². The maximum atomic E-state index is 5.45. The molecule has 0 atom stereocenters. The second-order valence-corrected chi connectivity index (χ2v) is 5.36. The van der Waals surface area contributed by atoms with E-state index in [0.29, 0.717) is 11.2 Å². The van der Waals surface area contributed by atoms with Gasteiger partial charge >= 0.3 is 0 Å². The number of nitrogens with zero attached hydrogens (tertiary/aromatic N) is 1. The second kappa shape index (κ2) is 5.33. The van der Waals surface area contributed by atoms with Gasteiger partial charge in [0.05, 0.1) is 16.7 Å². The summed E-state index contributed by atoms with van der Waals surface area (Å²) in [6, 6.07) is 5.74. The van der Waals surface area contributed by atoms with Gasteiger partial charge in [-0.05, 0) is 66.0 Å². The number of hydrogen-bond acceptors (Lipinski definition) is 3. The molecular weight excluding hydrogens is 404 g/mol. The SMILES string of the molecule is Brc1cc(CNc2cccnc2Br)oc1Br. The van der Waals surface area contributed by atoms with Gasteiger partial charge in [-0.2, -0.15) is 0 Å². The van der Waals surface area contributed by atoms with E-state index in [1.807, 2.05) is 18.2 Å². The molecule has 0 saturated carbocycles. The maximum Gasteiger partial charge on any atom is 0.183 e. The zero-order valence-electron chi connectivity index (χ0n) is 8.01. The summed E-state index contributed by atoms with van der Waals surface area (Å²) in [7, 11) is 0. The molecule has 2 rings (SSSR count). The Kier molecular flexibility index (Phi) is 4.05. The largest absolute Gasteiger partial charge is 0.451 e. The highest BCUT2D eigenvalue weighted by Gasteiger charge is 2.06. The Morgan fingerprint density at radius 1 is 1.31 bits per heavy atom. The zero-order chi connectivity index (χ0) is 11.5. The van der Waals surface area contributed by atoms with Gasteiger partial charge in [0, 0.05) is 6.20 Å². The first-order chi connectivity index (χ1) is 7.66. The number of hydrogen-bond donors (Lipinski definition) is 1. The van der Waals surface area contributed by atoms with Crippen molar-refractivity contribution in [3.8, 4) is 0 Å². The van der Waals surface area contributed by atoms with Gasteiger partial charge in [-0.3, -0.25) is 0 Å². The quantitative estimate of drug-likeness (QED) is 0.753. The molecule has 0 aromatic carbocycles. The van der Waals surface area contributed by atoms with Gasteiger partial charge in [0.1, 0.15) is 10.4 Å². The smallest absolute Gasteiger partial charge is 0.183 e. The third-order valence-electron chi connectivity index (χ3n) is 1.91. The summed E-state index contributed by atoms with van der Waals surface area (Å²) in [5.74, 6) is 0.842. The standard InChI is InChI=1S/C10H7Br3N2O/c11-7-4-6(16-10(7)13)5-15-8-2-1-3-14-9(8)12/h1-4,15H,5H2. The van der Waals surface area contributed by atoms with Crippen LogP contribution >= 0.6 is 47.8 Å². The molecule has 2 heterocycles. The Labute approximate surface area is 118 Å². The van der Waals surface area contributed by atoms with Gasteiger partial charge < -0.3 is 9.73 Å². The Morgan fingerprint density at radius 2 is 2.12 bits per heavy atom. The number of anilines is 1. The fourth-order valence-electron chi connectivity index (χ4n) is 1.18. The fourth-order valence-corrected chi connectivity index (χ4v) is 2.23. The van der Waals surface area contributed by atoms with Crippen LogP contribution in [0.15, 0.2) is 42.6 Å². The van der Waals surface area contributed by atoms with E-state index in [-0.39, 0.29) is 0 Å². The van der Waals surface area contributed by atoms with Crippen molar-refractivity contribution < 1.29 is 4.42 Å². The van der Waals surface area contributed by atoms with E-state index < -0.39 is 0 Å². The molecule has 0 spiro atoms. The van der Waals surface area contributed by atoms with Crippen molar-refractivity contribution >= 4 is 53.5 Å². The van der Waals surface area contributed by atoms with Crippen LogP contribution in [0.4, 0.5) is 5.69 Å². The van der Waals surface area contributed by atoms with E-state index in [2.05, 4.69) is 58.1 Å². The fraction of sp³-hybridized carbons (Fsp3) is 0.100. The number of pyridine rings is 1. The normalized spacial score (nSPS) is 10.4. The minimum Gasteiger partial charge on any atom is -0.451 e. The third kappa shape index (κ3) is 2.87. The van der Waals surface area contributed by atoms with Crippen molar-refractivity contribution in [1.82, 2.24) is 4.98 Å². The van der Waals surface area contributed by atoms with Crippen LogP contribution in [0.25, 0.3) is 0 Å². The first-order valence-corrected chi connectivity index (χ1v) is 6.83. The van der Waals surface area contributed by atoms with E-state index in [0.717, 1.165) is 20.5 Å². The molecule has 2 aromatic rings. The Morgan fingerprint density at radius 3 is 2.75 bits per heavy atom. The number of nitrogens with one attached hydrogen (secondary N) is 1. The summed E-state index contributed by atoms with van der Waals surface area (Å²) >= 11 is 10.0. The number of halogens is 3. The number of furan rings is 1. The molecule has 0 amide bonds. The molecule has 84 valence electrons. The van der Waals surface area contributed by atoms with Crippen LogP contribution in [0.3, 0.4) is 0 Å². The predicted molar refractivity (Wildman–Crippen MR) is 73.4 cm³/mol. The van der Waals surface area contributed by atoms with Crippen molar-refractivity contribution in [2.24, 2.45) is 0 Å². The zero-order valence-corrected chi connectivity index (χ0v) is 12.8. The van der Waals surface area contributed by atoms with Crippen molar-refractivity contribution in [1.29, 1.82) is 0 Å². The molecule has 2 aromatic heterocycles. The van der Waals surface area contributed by atoms with Crippen molar-refractivity contribution in [2.75, 3.05) is 5.32 Å². The molecular formula is C10H7Br3N2O. The summed E-state index contributed by atoms with van der Waals surface area (Å²) in [5, 5.41) is 3.22. The summed E-state index contributed by atoms with van der Waals surface area (Å²) in [5.41, 5.74) is 0.936. The average molecular weight is 411 g/mol. The molecule has 0 aliphatic carbocycles. The molecule has 0 bridgehead atoms. The highest BCUT2D eigenvalue weighted by molar-refractivity contribution is 9.13. The lowest BCUT2D eigenvalue weighted by Gasteiger charge is -2.05. The lowest BCUT2D eigenvalue weighted by molar-refractivity contribution is 0.494. The molecule has 0 unspecified atom stereocenters. The third-order valence-corrected chi connectivity index (χ3v) is 4.25. The van der Waals surface area contributed by atoms with E-state index in [9.17, 15) is 0 Å². The molecule has 6 heteroatoms. The highest BCUT2D eigenvalue weighted by Crippen LogP contribution is 2.27. The predicted octanol–water partition coefficient (Wildman–Crippen LogP) is 4.57. The summed E-state index contributed by atoms with van der Waals surface area (Å²) in [4.78, 5) is 4.12. The van der Waals surface area contributed by atoms with Crippen LogP contribution in [-0.4, -0.2) is 4.98 Å². The molecule has 0 fully saturated rings. The summed E-state index contributed by atoms with van der Waals surface area (Å²) in [6.45, 7) is 0.606. The van der Waals surface area contributed by atoms with E-state index in [1.165, 1.54) is 0 Å². The molecule has 3 nitrogen and oxygen atoms in total.